The van der Waals surface area contributed by atoms with E-state index in [0.29, 0.717) is 6.54 Å². The Balaban J connectivity index is 1.34. The molecule has 0 spiro atoms. The number of benzene rings is 2. The number of thioether (sulfide) groups is 1. The number of hydrogen-bond donors (Lipinski definition) is 1. The lowest BCUT2D eigenvalue weighted by Crippen LogP contribution is -2.35. The third-order valence-electron chi connectivity index (χ3n) is 5.47. The minimum absolute atomic E-state index is 0.0772. The maximum Gasteiger partial charge on any atom is 0.238 e. The molecule has 1 N–H and O–H groups in total. The summed E-state index contributed by atoms with van der Waals surface area (Å²) in [5.41, 5.74) is 3.60. The molecule has 1 aliphatic heterocycles. The van der Waals surface area contributed by atoms with Crippen molar-refractivity contribution >= 4 is 40.6 Å². The van der Waals surface area contributed by atoms with Crippen LogP contribution >= 0.6 is 23.1 Å². The van der Waals surface area contributed by atoms with E-state index in [1.54, 1.807) is 23.3 Å². The standard InChI is InChI=1S/C25H22N4O2S2/c1-28(23(30)14-22-25(31)26-19-10-5-6-11-20(19)33-22)15-17-16-29(18-8-3-2-4-9-18)27-24(17)21-12-7-13-32-21/h2-13,16,22H,14-15H2,1H3,(H,26,31). The van der Waals surface area contributed by atoms with Gasteiger partial charge in [-0.1, -0.05) is 36.4 Å². The Morgan fingerprint density at radius 2 is 1.88 bits per heavy atom. The van der Waals surface area contributed by atoms with E-state index in [0.717, 1.165) is 32.4 Å². The zero-order chi connectivity index (χ0) is 22.8. The fourth-order valence-corrected chi connectivity index (χ4v) is 5.59. The van der Waals surface area contributed by atoms with Crippen molar-refractivity contribution in [2.24, 2.45) is 0 Å². The summed E-state index contributed by atoms with van der Waals surface area (Å²) in [6.07, 6.45) is 2.12. The number of fused-ring (bicyclic) bond motifs is 1. The Bertz CT molecular complexity index is 1290. The Hall–Kier alpha value is -3.36. The van der Waals surface area contributed by atoms with Crippen molar-refractivity contribution in [3.05, 3.63) is 83.9 Å². The smallest absolute Gasteiger partial charge is 0.238 e. The molecule has 0 fully saturated rings. The molecule has 3 heterocycles. The first-order valence-electron chi connectivity index (χ1n) is 10.6. The maximum absolute atomic E-state index is 13.1. The number of carbonyl (C=O) groups excluding carboxylic acids is 2. The van der Waals surface area contributed by atoms with Gasteiger partial charge in [-0.3, -0.25) is 9.59 Å². The van der Waals surface area contributed by atoms with E-state index >= 15 is 0 Å². The monoisotopic (exact) mass is 474 g/mol. The topological polar surface area (TPSA) is 67.2 Å². The van der Waals surface area contributed by atoms with Crippen molar-refractivity contribution in [2.75, 3.05) is 12.4 Å². The molecular weight excluding hydrogens is 452 g/mol. The highest BCUT2D eigenvalue weighted by atomic mass is 32.2. The van der Waals surface area contributed by atoms with Gasteiger partial charge < -0.3 is 10.2 Å². The fraction of sp³-hybridized carbons (Fsp3) is 0.160. The van der Waals surface area contributed by atoms with Crippen LogP contribution < -0.4 is 5.32 Å². The van der Waals surface area contributed by atoms with E-state index in [2.05, 4.69) is 5.32 Å². The summed E-state index contributed by atoms with van der Waals surface area (Å²) in [6.45, 7) is 0.411. The molecule has 1 atom stereocenters. The van der Waals surface area contributed by atoms with Crippen LogP contribution in [0.3, 0.4) is 0 Å². The molecule has 1 aliphatic rings. The lowest BCUT2D eigenvalue weighted by atomic mass is 10.2. The summed E-state index contributed by atoms with van der Waals surface area (Å²) in [5.74, 6) is -0.205. The van der Waals surface area contributed by atoms with E-state index in [1.165, 1.54) is 11.8 Å². The number of thiophene rings is 1. The average Bonchev–Trinajstić information content (AvgIpc) is 3.50. The summed E-state index contributed by atoms with van der Waals surface area (Å²) >= 11 is 3.07. The summed E-state index contributed by atoms with van der Waals surface area (Å²) < 4.78 is 1.85. The number of nitrogens with one attached hydrogen (secondary N) is 1. The lowest BCUT2D eigenvalue weighted by Gasteiger charge is -2.25. The lowest BCUT2D eigenvalue weighted by molar-refractivity contribution is -0.131. The van der Waals surface area contributed by atoms with Gasteiger partial charge in [0.1, 0.15) is 5.69 Å². The maximum atomic E-state index is 13.1. The van der Waals surface area contributed by atoms with Gasteiger partial charge in [0.05, 0.1) is 21.5 Å². The number of rotatable bonds is 6. The second kappa shape index (κ2) is 9.25. The molecule has 6 nitrogen and oxygen atoms in total. The van der Waals surface area contributed by atoms with Gasteiger partial charge in [-0.2, -0.15) is 5.10 Å². The predicted octanol–water partition coefficient (Wildman–Crippen LogP) is 5.06. The zero-order valence-electron chi connectivity index (χ0n) is 18.0. The summed E-state index contributed by atoms with van der Waals surface area (Å²) in [4.78, 5) is 29.3. The molecule has 0 bridgehead atoms. The van der Waals surface area contributed by atoms with Crippen LogP contribution in [0.15, 0.2) is 83.2 Å². The minimum Gasteiger partial charge on any atom is -0.341 e. The summed E-state index contributed by atoms with van der Waals surface area (Å²) in [5, 5.41) is 9.29. The molecule has 4 aromatic rings. The summed E-state index contributed by atoms with van der Waals surface area (Å²) in [7, 11) is 1.78. The van der Waals surface area contributed by atoms with Crippen LogP contribution in [0.2, 0.25) is 0 Å². The Morgan fingerprint density at radius 3 is 2.67 bits per heavy atom. The van der Waals surface area contributed by atoms with Gasteiger partial charge in [0.2, 0.25) is 11.8 Å². The van der Waals surface area contributed by atoms with Gasteiger partial charge >= 0.3 is 0 Å². The molecule has 5 rings (SSSR count). The summed E-state index contributed by atoms with van der Waals surface area (Å²) in [6, 6.07) is 21.6. The number of amides is 2. The third kappa shape index (κ3) is 4.58. The van der Waals surface area contributed by atoms with Gasteiger partial charge in [-0.15, -0.1) is 23.1 Å². The van der Waals surface area contributed by atoms with Crippen LogP contribution in [0.4, 0.5) is 5.69 Å². The second-order valence-electron chi connectivity index (χ2n) is 7.81. The number of carbonyl (C=O) groups is 2. The van der Waals surface area contributed by atoms with Crippen LogP contribution in [0.5, 0.6) is 0 Å². The molecule has 0 radical (unpaired) electrons. The van der Waals surface area contributed by atoms with Gasteiger partial charge in [0.25, 0.3) is 0 Å². The number of hydrogen-bond acceptors (Lipinski definition) is 5. The van der Waals surface area contributed by atoms with Crippen molar-refractivity contribution in [3.8, 4) is 16.3 Å². The largest absolute Gasteiger partial charge is 0.341 e. The van der Waals surface area contributed by atoms with Crippen LogP contribution in [-0.2, 0) is 16.1 Å². The van der Waals surface area contributed by atoms with Crippen LogP contribution in [0.25, 0.3) is 16.3 Å². The highest BCUT2D eigenvalue weighted by molar-refractivity contribution is 8.01. The molecule has 1 unspecified atom stereocenters. The van der Waals surface area contributed by atoms with Crippen LogP contribution in [-0.4, -0.2) is 38.8 Å². The van der Waals surface area contributed by atoms with Crippen molar-refractivity contribution in [1.29, 1.82) is 0 Å². The molecular formula is C25H22N4O2S2. The molecule has 33 heavy (non-hydrogen) atoms. The molecule has 2 aromatic carbocycles. The van der Waals surface area contributed by atoms with E-state index < -0.39 is 5.25 Å². The first kappa shape index (κ1) is 21.5. The molecule has 2 amide bonds. The quantitative estimate of drug-likeness (QED) is 0.424. The molecule has 0 aliphatic carbocycles. The number of para-hydroxylation sites is 2. The zero-order valence-corrected chi connectivity index (χ0v) is 19.6. The molecule has 2 aromatic heterocycles. The average molecular weight is 475 g/mol. The molecule has 8 heteroatoms. The van der Waals surface area contributed by atoms with Crippen molar-refractivity contribution in [3.63, 3.8) is 0 Å². The Labute approximate surface area is 200 Å². The fourth-order valence-electron chi connectivity index (χ4n) is 3.74. The Morgan fingerprint density at radius 1 is 1.09 bits per heavy atom. The van der Waals surface area contributed by atoms with E-state index in [1.807, 2.05) is 83.0 Å². The molecule has 0 saturated heterocycles. The minimum atomic E-state index is -0.446. The van der Waals surface area contributed by atoms with Gasteiger partial charge in [-0.25, -0.2) is 4.68 Å². The number of anilines is 1. The highest BCUT2D eigenvalue weighted by Gasteiger charge is 2.30. The van der Waals surface area contributed by atoms with E-state index in [-0.39, 0.29) is 18.2 Å². The highest BCUT2D eigenvalue weighted by Crippen LogP contribution is 2.37. The first-order chi connectivity index (χ1) is 16.1. The van der Waals surface area contributed by atoms with E-state index in [9.17, 15) is 9.59 Å². The first-order valence-corrected chi connectivity index (χ1v) is 12.3. The predicted molar refractivity (Wildman–Crippen MR) is 133 cm³/mol. The second-order valence-corrected chi connectivity index (χ2v) is 10.00. The van der Waals surface area contributed by atoms with Gasteiger partial charge in [0.15, 0.2) is 0 Å². The van der Waals surface area contributed by atoms with Crippen molar-refractivity contribution in [2.45, 2.75) is 23.1 Å². The van der Waals surface area contributed by atoms with Crippen molar-refractivity contribution in [1.82, 2.24) is 14.7 Å². The normalized spacial score (nSPS) is 15.1. The van der Waals surface area contributed by atoms with Crippen LogP contribution in [0.1, 0.15) is 12.0 Å². The van der Waals surface area contributed by atoms with Gasteiger partial charge in [-0.05, 0) is 35.7 Å². The SMILES string of the molecule is CN(Cc1cn(-c2ccccc2)nc1-c1cccs1)C(=O)CC1Sc2ccccc2NC1=O. The number of aromatic nitrogens is 2. The van der Waals surface area contributed by atoms with Gasteiger partial charge in [0, 0.05) is 36.7 Å². The number of nitrogens with zero attached hydrogens (tertiary/aromatic N) is 3. The van der Waals surface area contributed by atoms with Crippen LogP contribution in [0, 0.1) is 0 Å². The molecule has 0 saturated carbocycles. The third-order valence-corrected chi connectivity index (χ3v) is 7.62. The Kier molecular flexibility index (Phi) is 6.02. The van der Waals surface area contributed by atoms with Crippen molar-refractivity contribution < 1.29 is 9.59 Å². The molecule has 166 valence electrons. The van der Waals surface area contributed by atoms with E-state index in [4.69, 9.17) is 5.10 Å².